The summed E-state index contributed by atoms with van der Waals surface area (Å²) in [5, 5.41) is 7.04. The van der Waals surface area contributed by atoms with Crippen LogP contribution in [0, 0.1) is 13.8 Å². The van der Waals surface area contributed by atoms with Crippen molar-refractivity contribution in [2.45, 2.75) is 26.5 Å². The number of carbonyl (C=O) groups excluding carboxylic acids is 1. The summed E-state index contributed by atoms with van der Waals surface area (Å²) in [6.07, 6.45) is 0. The molecule has 1 N–H and O–H groups in total. The minimum Gasteiger partial charge on any atom is -0.489 e. The lowest BCUT2D eigenvalue weighted by molar-refractivity contribution is 0.0162. The predicted molar refractivity (Wildman–Crippen MR) is 121 cm³/mol. The van der Waals surface area contributed by atoms with Gasteiger partial charge in [0.1, 0.15) is 18.1 Å². The van der Waals surface area contributed by atoms with Crippen LogP contribution in [-0.4, -0.2) is 48.8 Å². The highest BCUT2D eigenvalue weighted by Gasteiger charge is 2.23. The zero-order valence-corrected chi connectivity index (χ0v) is 18.5. The fraction of sp³-hybridized carbons (Fsp3) is 0.360. The zero-order valence-electron chi connectivity index (χ0n) is 18.5. The highest BCUT2D eigenvalue weighted by molar-refractivity contribution is 5.94. The number of ether oxygens (including phenoxy) is 2. The number of aromatic nitrogens is 1. The molecule has 7 nitrogen and oxygen atoms in total. The van der Waals surface area contributed by atoms with Crippen molar-refractivity contribution < 1.29 is 18.8 Å². The van der Waals surface area contributed by atoms with Crippen LogP contribution in [0.3, 0.4) is 0 Å². The largest absolute Gasteiger partial charge is 0.489 e. The molecule has 0 spiro atoms. The van der Waals surface area contributed by atoms with Crippen LogP contribution in [0.2, 0.25) is 0 Å². The summed E-state index contributed by atoms with van der Waals surface area (Å²) in [7, 11) is 0. The lowest BCUT2D eigenvalue weighted by Gasteiger charge is -2.35. The van der Waals surface area contributed by atoms with Gasteiger partial charge in [-0.2, -0.15) is 0 Å². The Kier molecular flexibility index (Phi) is 7.19. The molecule has 2 heterocycles. The highest BCUT2D eigenvalue weighted by atomic mass is 16.5. The van der Waals surface area contributed by atoms with E-state index in [1.54, 1.807) is 12.1 Å². The first-order valence-corrected chi connectivity index (χ1v) is 10.9. The third-order valence-electron chi connectivity index (χ3n) is 5.81. The first kappa shape index (κ1) is 22.0. The number of nitrogens with zero attached hydrogens (tertiary/aromatic N) is 2. The van der Waals surface area contributed by atoms with E-state index in [1.165, 1.54) is 5.56 Å². The summed E-state index contributed by atoms with van der Waals surface area (Å²) in [4.78, 5) is 15.2. The third-order valence-corrected chi connectivity index (χ3v) is 5.81. The van der Waals surface area contributed by atoms with Gasteiger partial charge in [0.2, 0.25) is 0 Å². The summed E-state index contributed by atoms with van der Waals surface area (Å²) in [6.45, 7) is 7.81. The fourth-order valence-corrected chi connectivity index (χ4v) is 3.88. The normalized spacial score (nSPS) is 15.3. The van der Waals surface area contributed by atoms with Gasteiger partial charge in [0, 0.05) is 25.2 Å². The number of carbonyl (C=O) groups is 1. The fourth-order valence-electron chi connectivity index (χ4n) is 3.88. The molecule has 168 valence electrons. The minimum atomic E-state index is -0.100. The predicted octanol–water partition coefficient (Wildman–Crippen LogP) is 3.67. The average molecular weight is 436 g/mol. The summed E-state index contributed by atoms with van der Waals surface area (Å²) in [6, 6.07) is 17.6. The number of amides is 1. The van der Waals surface area contributed by atoms with Crippen molar-refractivity contribution in [1.82, 2.24) is 15.4 Å². The quantitative estimate of drug-likeness (QED) is 0.582. The zero-order chi connectivity index (χ0) is 22.3. The van der Waals surface area contributed by atoms with E-state index in [1.807, 2.05) is 44.2 Å². The van der Waals surface area contributed by atoms with E-state index >= 15 is 0 Å². The Balaban J connectivity index is 1.36. The van der Waals surface area contributed by atoms with Gasteiger partial charge in [-0.05, 0) is 43.7 Å². The van der Waals surface area contributed by atoms with Gasteiger partial charge in [-0.25, -0.2) is 0 Å². The van der Waals surface area contributed by atoms with Gasteiger partial charge in [-0.15, -0.1) is 0 Å². The molecule has 1 amide bonds. The first-order chi connectivity index (χ1) is 15.6. The molecule has 2 aromatic carbocycles. The second-order valence-corrected chi connectivity index (χ2v) is 7.90. The summed E-state index contributed by atoms with van der Waals surface area (Å²) < 4.78 is 16.5. The molecule has 1 aromatic heterocycles. The van der Waals surface area contributed by atoms with Gasteiger partial charge in [0.05, 0.1) is 30.5 Å². The highest BCUT2D eigenvalue weighted by Crippen LogP contribution is 2.22. The van der Waals surface area contributed by atoms with E-state index in [-0.39, 0.29) is 11.9 Å². The number of nitrogens with one attached hydrogen (secondary N) is 1. The number of benzene rings is 2. The molecule has 0 radical (unpaired) electrons. The molecule has 1 aliphatic heterocycles. The Bertz CT molecular complexity index is 992. The molecule has 1 atom stereocenters. The monoisotopic (exact) mass is 435 g/mol. The molecule has 3 aromatic rings. The van der Waals surface area contributed by atoms with Crippen molar-refractivity contribution in [3.8, 4) is 5.75 Å². The maximum atomic E-state index is 12.8. The van der Waals surface area contributed by atoms with Crippen molar-refractivity contribution in [3.63, 3.8) is 0 Å². The molecule has 1 unspecified atom stereocenters. The van der Waals surface area contributed by atoms with Gasteiger partial charge in [-0.1, -0.05) is 35.5 Å². The summed E-state index contributed by atoms with van der Waals surface area (Å²) in [5.41, 5.74) is 3.56. The second-order valence-electron chi connectivity index (χ2n) is 7.90. The van der Waals surface area contributed by atoms with Crippen LogP contribution in [0.1, 0.15) is 39.0 Å². The molecular formula is C25H29N3O4. The lowest BCUT2D eigenvalue weighted by Crippen LogP contribution is -2.43. The Hall–Kier alpha value is -3.16. The SMILES string of the molecule is Cc1noc(C)c1COc1ccc(C(=O)NCC(c2ccccc2)N2CCOCC2)cc1. The van der Waals surface area contributed by atoms with E-state index < -0.39 is 0 Å². The van der Waals surface area contributed by atoms with Crippen LogP contribution in [-0.2, 0) is 11.3 Å². The van der Waals surface area contributed by atoms with Crippen LogP contribution in [0.4, 0.5) is 0 Å². The van der Waals surface area contributed by atoms with Crippen molar-refractivity contribution >= 4 is 5.91 Å². The Labute approximate surface area is 188 Å². The first-order valence-electron chi connectivity index (χ1n) is 10.9. The number of aryl methyl sites for hydroxylation is 2. The smallest absolute Gasteiger partial charge is 0.251 e. The van der Waals surface area contributed by atoms with Crippen LogP contribution >= 0.6 is 0 Å². The van der Waals surface area contributed by atoms with Crippen LogP contribution in [0.25, 0.3) is 0 Å². The Morgan fingerprint density at radius 3 is 2.47 bits per heavy atom. The van der Waals surface area contributed by atoms with E-state index in [9.17, 15) is 4.79 Å². The van der Waals surface area contributed by atoms with Crippen LogP contribution < -0.4 is 10.1 Å². The van der Waals surface area contributed by atoms with Gasteiger partial charge in [0.15, 0.2) is 0 Å². The van der Waals surface area contributed by atoms with Gasteiger partial charge in [-0.3, -0.25) is 9.69 Å². The standard InChI is InChI=1S/C25H29N3O4/c1-18-23(19(2)32-27-18)17-31-22-10-8-21(9-11-22)25(29)26-16-24(20-6-4-3-5-7-20)28-12-14-30-15-13-28/h3-11,24H,12-17H2,1-2H3,(H,26,29). The molecule has 7 heteroatoms. The maximum Gasteiger partial charge on any atom is 0.251 e. The van der Waals surface area contributed by atoms with Gasteiger partial charge >= 0.3 is 0 Å². The van der Waals surface area contributed by atoms with Crippen LogP contribution in [0.15, 0.2) is 59.1 Å². The third kappa shape index (κ3) is 5.36. The maximum absolute atomic E-state index is 12.8. The van der Waals surface area contributed by atoms with Crippen LogP contribution in [0.5, 0.6) is 5.75 Å². The van der Waals surface area contributed by atoms with E-state index in [0.29, 0.717) is 37.7 Å². The number of rotatable bonds is 8. The molecule has 1 saturated heterocycles. The van der Waals surface area contributed by atoms with Crippen molar-refractivity contribution in [2.75, 3.05) is 32.8 Å². The molecule has 0 saturated carbocycles. The van der Waals surface area contributed by atoms with Gasteiger partial charge in [0.25, 0.3) is 5.91 Å². The van der Waals surface area contributed by atoms with Crippen molar-refractivity contribution in [3.05, 3.63) is 82.7 Å². The van der Waals surface area contributed by atoms with E-state index in [2.05, 4.69) is 27.5 Å². The summed E-state index contributed by atoms with van der Waals surface area (Å²) in [5.74, 6) is 1.35. The number of hydrogen-bond donors (Lipinski definition) is 1. The Morgan fingerprint density at radius 2 is 1.81 bits per heavy atom. The molecular weight excluding hydrogens is 406 g/mol. The number of hydrogen-bond acceptors (Lipinski definition) is 6. The molecule has 32 heavy (non-hydrogen) atoms. The molecule has 1 aliphatic rings. The minimum absolute atomic E-state index is 0.100. The van der Waals surface area contributed by atoms with Crippen molar-refractivity contribution in [1.29, 1.82) is 0 Å². The number of morpholine rings is 1. The summed E-state index contributed by atoms with van der Waals surface area (Å²) >= 11 is 0. The molecule has 0 aliphatic carbocycles. The second kappa shape index (κ2) is 10.4. The van der Waals surface area contributed by atoms with Crippen molar-refractivity contribution in [2.24, 2.45) is 0 Å². The topological polar surface area (TPSA) is 76.8 Å². The average Bonchev–Trinajstić information content (AvgIpc) is 3.16. The van der Waals surface area contributed by atoms with E-state index in [4.69, 9.17) is 14.0 Å². The molecule has 4 rings (SSSR count). The Morgan fingerprint density at radius 1 is 1.09 bits per heavy atom. The molecule has 1 fully saturated rings. The van der Waals surface area contributed by atoms with E-state index in [0.717, 1.165) is 30.1 Å². The molecule has 0 bridgehead atoms. The van der Waals surface area contributed by atoms with Gasteiger partial charge < -0.3 is 19.3 Å². The lowest BCUT2D eigenvalue weighted by atomic mass is 10.0.